The Morgan fingerprint density at radius 1 is 1.00 bits per heavy atom. The van der Waals surface area contributed by atoms with Gasteiger partial charge in [-0.15, -0.1) is 0 Å². The quantitative estimate of drug-likeness (QED) is 0.703. The molecule has 2 heteroatoms. The van der Waals surface area contributed by atoms with Crippen molar-refractivity contribution in [1.29, 1.82) is 0 Å². The van der Waals surface area contributed by atoms with Crippen LogP contribution in [0.5, 0.6) is 0 Å². The van der Waals surface area contributed by atoms with Crippen LogP contribution in [0.25, 0.3) is 0 Å². The van der Waals surface area contributed by atoms with Crippen LogP contribution in [0.3, 0.4) is 0 Å². The van der Waals surface area contributed by atoms with Gasteiger partial charge in [-0.25, -0.2) is 0 Å². The Balaban J connectivity index is 1.69. The number of rotatable bonds is 2. The summed E-state index contributed by atoms with van der Waals surface area (Å²) in [6.07, 6.45) is 8.12. The Morgan fingerprint density at radius 2 is 1.62 bits per heavy atom. The minimum absolute atomic E-state index is 0.509. The zero-order chi connectivity index (χ0) is 9.10. The van der Waals surface area contributed by atoms with Crippen LogP contribution < -0.4 is 5.73 Å². The Bertz CT molecular complexity index is 144. The molecule has 2 N–H and O–H groups in total. The lowest BCUT2D eigenvalue weighted by Gasteiger charge is -2.29. The minimum atomic E-state index is 0.509. The fourth-order valence-electron chi connectivity index (χ4n) is 2.70. The first kappa shape index (κ1) is 9.47. The average molecular weight is 182 g/mol. The van der Waals surface area contributed by atoms with Crippen molar-refractivity contribution in [1.82, 2.24) is 4.90 Å². The van der Waals surface area contributed by atoms with Gasteiger partial charge in [-0.3, -0.25) is 0 Å². The van der Waals surface area contributed by atoms with Crippen LogP contribution in [0.15, 0.2) is 0 Å². The van der Waals surface area contributed by atoms with E-state index in [1.807, 2.05) is 0 Å². The maximum Gasteiger partial charge on any atom is 0.00390 e. The smallest absolute Gasteiger partial charge is 0.00390 e. The monoisotopic (exact) mass is 182 g/mol. The highest BCUT2D eigenvalue weighted by molar-refractivity contribution is 4.78. The number of nitrogens with two attached hydrogens (primary N) is 1. The Hall–Kier alpha value is -0.0800. The number of hydrogen-bond donors (Lipinski definition) is 1. The van der Waals surface area contributed by atoms with Crippen LogP contribution in [0.1, 0.15) is 38.5 Å². The molecule has 2 fully saturated rings. The maximum atomic E-state index is 5.89. The molecule has 1 saturated heterocycles. The zero-order valence-corrected chi connectivity index (χ0v) is 8.54. The number of nitrogens with zero attached hydrogens (tertiary/aromatic N) is 1. The first-order valence-corrected chi connectivity index (χ1v) is 5.82. The van der Waals surface area contributed by atoms with E-state index < -0.39 is 0 Å². The molecule has 1 aliphatic heterocycles. The molecule has 0 bridgehead atoms. The van der Waals surface area contributed by atoms with E-state index in [-0.39, 0.29) is 0 Å². The molecule has 2 rings (SSSR count). The maximum absolute atomic E-state index is 5.89. The zero-order valence-electron chi connectivity index (χ0n) is 8.54. The summed E-state index contributed by atoms with van der Waals surface area (Å²) in [7, 11) is 0. The molecule has 2 aliphatic rings. The van der Waals surface area contributed by atoms with Crippen LogP contribution in [0.2, 0.25) is 0 Å². The highest BCUT2D eigenvalue weighted by Crippen LogP contribution is 2.25. The first-order chi connectivity index (χ1) is 6.34. The number of hydrogen-bond acceptors (Lipinski definition) is 2. The van der Waals surface area contributed by atoms with Gasteiger partial charge in [0.1, 0.15) is 0 Å². The molecule has 0 spiro atoms. The van der Waals surface area contributed by atoms with Crippen LogP contribution in [0.4, 0.5) is 0 Å². The lowest BCUT2D eigenvalue weighted by atomic mass is 9.86. The van der Waals surface area contributed by atoms with Crippen molar-refractivity contribution in [3.05, 3.63) is 0 Å². The van der Waals surface area contributed by atoms with E-state index >= 15 is 0 Å². The van der Waals surface area contributed by atoms with Gasteiger partial charge in [0.2, 0.25) is 0 Å². The van der Waals surface area contributed by atoms with E-state index in [2.05, 4.69) is 4.90 Å². The van der Waals surface area contributed by atoms with Crippen molar-refractivity contribution in [2.24, 2.45) is 11.7 Å². The van der Waals surface area contributed by atoms with Crippen molar-refractivity contribution >= 4 is 0 Å². The molecule has 2 nitrogen and oxygen atoms in total. The third-order valence-electron chi connectivity index (χ3n) is 3.61. The van der Waals surface area contributed by atoms with Gasteiger partial charge >= 0.3 is 0 Å². The molecule has 1 aliphatic carbocycles. The molecule has 0 amide bonds. The SMILES string of the molecule is N[C@H]1CC[C@@H](CN2CCCC2)CC1. The lowest BCUT2D eigenvalue weighted by molar-refractivity contribution is 0.224. The van der Waals surface area contributed by atoms with Crippen molar-refractivity contribution in [2.75, 3.05) is 19.6 Å². The molecule has 0 unspecified atom stereocenters. The standard InChI is InChI=1S/C11H22N2/c12-11-5-3-10(4-6-11)9-13-7-1-2-8-13/h10-11H,1-9,12H2/t10-,11+. The normalized spacial score (nSPS) is 36.7. The summed E-state index contributed by atoms with van der Waals surface area (Å²) < 4.78 is 0. The van der Waals surface area contributed by atoms with E-state index in [9.17, 15) is 0 Å². The second-order valence-corrected chi connectivity index (χ2v) is 4.79. The van der Waals surface area contributed by atoms with E-state index in [0.717, 1.165) is 5.92 Å². The molecule has 0 aromatic rings. The highest BCUT2D eigenvalue weighted by atomic mass is 15.1. The Labute approximate surface area is 81.5 Å². The van der Waals surface area contributed by atoms with Gasteiger partial charge < -0.3 is 10.6 Å². The summed E-state index contributed by atoms with van der Waals surface area (Å²) >= 11 is 0. The van der Waals surface area contributed by atoms with Crippen molar-refractivity contribution in [3.8, 4) is 0 Å². The summed E-state index contributed by atoms with van der Waals surface area (Å²) in [6.45, 7) is 4.05. The predicted octanol–water partition coefficient (Wildman–Crippen LogP) is 1.60. The van der Waals surface area contributed by atoms with E-state index in [1.165, 1.54) is 58.2 Å². The summed E-state index contributed by atoms with van der Waals surface area (Å²) in [6, 6.07) is 0.509. The van der Waals surface area contributed by atoms with Gasteiger partial charge in [0.15, 0.2) is 0 Å². The van der Waals surface area contributed by atoms with Crippen LogP contribution in [-0.2, 0) is 0 Å². The molecule has 1 heterocycles. The van der Waals surface area contributed by atoms with Crippen molar-refractivity contribution in [3.63, 3.8) is 0 Å². The third kappa shape index (κ3) is 2.68. The number of likely N-dealkylation sites (tertiary alicyclic amines) is 1. The fraction of sp³-hybridized carbons (Fsp3) is 1.00. The molecule has 0 aromatic heterocycles. The second-order valence-electron chi connectivity index (χ2n) is 4.79. The molecule has 76 valence electrons. The van der Waals surface area contributed by atoms with Gasteiger partial charge in [0.05, 0.1) is 0 Å². The Morgan fingerprint density at radius 3 is 2.23 bits per heavy atom. The van der Waals surface area contributed by atoms with Crippen molar-refractivity contribution < 1.29 is 0 Å². The van der Waals surface area contributed by atoms with Gasteiger partial charge in [-0.2, -0.15) is 0 Å². The molecule has 1 saturated carbocycles. The first-order valence-electron chi connectivity index (χ1n) is 5.82. The van der Waals surface area contributed by atoms with Crippen LogP contribution in [-0.4, -0.2) is 30.6 Å². The topological polar surface area (TPSA) is 29.3 Å². The van der Waals surface area contributed by atoms with E-state index in [4.69, 9.17) is 5.73 Å². The summed E-state index contributed by atoms with van der Waals surface area (Å²) in [4.78, 5) is 2.64. The van der Waals surface area contributed by atoms with Crippen LogP contribution in [0, 0.1) is 5.92 Å². The van der Waals surface area contributed by atoms with Crippen molar-refractivity contribution in [2.45, 2.75) is 44.6 Å². The minimum Gasteiger partial charge on any atom is -0.328 e. The molecular formula is C11H22N2. The predicted molar refractivity (Wildman–Crippen MR) is 55.6 cm³/mol. The Kier molecular flexibility index (Phi) is 3.23. The van der Waals surface area contributed by atoms with Gasteiger partial charge in [-0.05, 0) is 57.5 Å². The van der Waals surface area contributed by atoms with Crippen LogP contribution >= 0.6 is 0 Å². The average Bonchev–Trinajstić information content (AvgIpc) is 2.62. The fourth-order valence-corrected chi connectivity index (χ4v) is 2.70. The van der Waals surface area contributed by atoms with E-state index in [0.29, 0.717) is 6.04 Å². The largest absolute Gasteiger partial charge is 0.328 e. The van der Waals surface area contributed by atoms with Gasteiger partial charge in [0, 0.05) is 12.6 Å². The van der Waals surface area contributed by atoms with Gasteiger partial charge in [0.25, 0.3) is 0 Å². The molecule has 0 atom stereocenters. The highest BCUT2D eigenvalue weighted by Gasteiger charge is 2.21. The third-order valence-corrected chi connectivity index (χ3v) is 3.61. The lowest BCUT2D eigenvalue weighted by Crippen LogP contribution is -2.33. The summed E-state index contributed by atoms with van der Waals surface area (Å²) in [5.41, 5.74) is 5.89. The molecule has 13 heavy (non-hydrogen) atoms. The summed E-state index contributed by atoms with van der Waals surface area (Å²) in [5, 5.41) is 0. The molecule has 0 aromatic carbocycles. The second kappa shape index (κ2) is 4.43. The van der Waals surface area contributed by atoms with Gasteiger partial charge in [-0.1, -0.05) is 0 Å². The summed E-state index contributed by atoms with van der Waals surface area (Å²) in [5.74, 6) is 0.956. The molecule has 0 radical (unpaired) electrons. The van der Waals surface area contributed by atoms with E-state index in [1.54, 1.807) is 0 Å². The molecular weight excluding hydrogens is 160 g/mol.